The van der Waals surface area contributed by atoms with Crippen LogP contribution in [0.2, 0.25) is 0 Å². The Kier molecular flexibility index (Phi) is 4.60. The van der Waals surface area contributed by atoms with Crippen molar-refractivity contribution in [2.75, 3.05) is 13.1 Å². The van der Waals surface area contributed by atoms with Crippen LogP contribution in [0, 0.1) is 5.92 Å². The number of aromatic hydroxyl groups is 1. The Morgan fingerprint density at radius 1 is 1.28 bits per heavy atom. The number of phenolic OH excluding ortho intramolecular Hbond substituents is 1. The van der Waals surface area contributed by atoms with Gasteiger partial charge in [0.15, 0.2) is 0 Å². The predicted octanol–water partition coefficient (Wildman–Crippen LogP) is 5.01. The van der Waals surface area contributed by atoms with Crippen molar-refractivity contribution in [3.63, 3.8) is 0 Å². The maximum atomic E-state index is 12.8. The van der Waals surface area contributed by atoms with Gasteiger partial charge in [-0.05, 0) is 55.6 Å². The number of fused-ring (bicyclic) bond motifs is 2. The van der Waals surface area contributed by atoms with Gasteiger partial charge in [0, 0.05) is 18.5 Å². The number of aromatic nitrogens is 1. The average Bonchev–Trinajstić information content (AvgIpc) is 3.14. The highest BCUT2D eigenvalue weighted by Gasteiger charge is 2.21. The van der Waals surface area contributed by atoms with Crippen LogP contribution < -0.4 is 5.63 Å². The van der Waals surface area contributed by atoms with E-state index in [-0.39, 0.29) is 5.75 Å². The van der Waals surface area contributed by atoms with Gasteiger partial charge in [0.1, 0.15) is 16.3 Å². The molecule has 1 aliphatic heterocycles. The second-order valence-electron chi connectivity index (χ2n) is 7.90. The molecule has 0 aliphatic carbocycles. The summed E-state index contributed by atoms with van der Waals surface area (Å²) in [5.74, 6) is 0.810. The Morgan fingerprint density at radius 2 is 2.14 bits per heavy atom. The molecule has 6 heteroatoms. The molecule has 0 spiro atoms. The minimum atomic E-state index is -0.421. The fourth-order valence-corrected chi connectivity index (χ4v) is 5.14. The first-order valence-electron chi connectivity index (χ1n) is 9.95. The molecule has 2 aromatic carbocycles. The number of para-hydroxylation sites is 1. The van der Waals surface area contributed by atoms with Crippen LogP contribution in [0.25, 0.3) is 31.8 Å². The monoisotopic (exact) mass is 406 g/mol. The van der Waals surface area contributed by atoms with E-state index in [0.717, 1.165) is 35.1 Å². The maximum absolute atomic E-state index is 12.8. The molecular formula is C23H22N2O3S. The third-order valence-corrected chi connectivity index (χ3v) is 6.70. The number of rotatable bonds is 3. The lowest BCUT2D eigenvalue weighted by atomic mass is 9.99. The molecule has 0 amide bonds. The normalized spacial score (nSPS) is 17.9. The van der Waals surface area contributed by atoms with E-state index in [4.69, 9.17) is 4.42 Å². The summed E-state index contributed by atoms with van der Waals surface area (Å²) in [4.78, 5) is 19.7. The van der Waals surface area contributed by atoms with Crippen molar-refractivity contribution < 1.29 is 9.52 Å². The van der Waals surface area contributed by atoms with Crippen LogP contribution in [0.1, 0.15) is 25.3 Å². The predicted molar refractivity (Wildman–Crippen MR) is 116 cm³/mol. The smallest absolute Gasteiger partial charge is 0.346 e. The summed E-state index contributed by atoms with van der Waals surface area (Å²) >= 11 is 1.48. The third-order valence-electron chi connectivity index (χ3n) is 5.63. The summed E-state index contributed by atoms with van der Waals surface area (Å²) in [7, 11) is 0. The van der Waals surface area contributed by atoms with Crippen molar-refractivity contribution in [3.05, 3.63) is 58.4 Å². The number of hydrogen-bond acceptors (Lipinski definition) is 6. The van der Waals surface area contributed by atoms with Crippen LogP contribution in [-0.4, -0.2) is 28.1 Å². The van der Waals surface area contributed by atoms with Gasteiger partial charge in [0.25, 0.3) is 0 Å². The topological polar surface area (TPSA) is 66.6 Å². The van der Waals surface area contributed by atoms with Crippen molar-refractivity contribution in [3.8, 4) is 16.3 Å². The highest BCUT2D eigenvalue weighted by Crippen LogP contribution is 2.33. The second-order valence-corrected chi connectivity index (χ2v) is 8.93. The SMILES string of the molecule is C[C@@H]1CCCN(Cc2c(O)ccc3cc(-c4nc5ccccc5s4)c(=O)oc23)C1. The Balaban J connectivity index is 1.59. The Hall–Kier alpha value is -2.70. The Bertz CT molecular complexity index is 1230. The molecule has 1 saturated heterocycles. The quantitative estimate of drug-likeness (QED) is 0.485. The minimum Gasteiger partial charge on any atom is -0.507 e. The number of nitrogens with zero attached hydrogens (tertiary/aromatic N) is 2. The van der Waals surface area contributed by atoms with E-state index in [1.165, 1.54) is 17.8 Å². The Morgan fingerprint density at radius 3 is 2.97 bits per heavy atom. The summed E-state index contributed by atoms with van der Waals surface area (Å²) in [6.45, 7) is 4.81. The van der Waals surface area contributed by atoms with E-state index < -0.39 is 5.63 Å². The zero-order chi connectivity index (χ0) is 20.0. The standard InChI is InChI=1S/C23H22N2O3S/c1-14-5-4-10-25(12-14)13-17-19(26)9-8-15-11-16(23(27)28-21(15)17)22-24-18-6-2-3-7-20(18)29-22/h2-3,6-9,11,14,26H,4-5,10,12-13H2,1H3/t14-/m1/s1. The lowest BCUT2D eigenvalue weighted by molar-refractivity contribution is 0.175. The lowest BCUT2D eigenvalue weighted by Gasteiger charge is -2.31. The van der Waals surface area contributed by atoms with E-state index in [1.54, 1.807) is 12.1 Å². The number of thiazole rings is 1. The zero-order valence-electron chi connectivity index (χ0n) is 16.2. The molecule has 5 nitrogen and oxygen atoms in total. The van der Waals surface area contributed by atoms with Gasteiger partial charge < -0.3 is 9.52 Å². The maximum Gasteiger partial charge on any atom is 0.346 e. The van der Waals surface area contributed by atoms with Gasteiger partial charge in [-0.15, -0.1) is 11.3 Å². The number of hydrogen-bond donors (Lipinski definition) is 1. The van der Waals surface area contributed by atoms with Crippen LogP contribution in [0.15, 0.2) is 51.7 Å². The van der Waals surface area contributed by atoms with E-state index in [9.17, 15) is 9.90 Å². The van der Waals surface area contributed by atoms with Crippen molar-refractivity contribution in [2.45, 2.75) is 26.3 Å². The molecule has 0 bridgehead atoms. The van der Waals surface area contributed by atoms with Gasteiger partial charge >= 0.3 is 5.63 Å². The van der Waals surface area contributed by atoms with Gasteiger partial charge in [-0.1, -0.05) is 19.1 Å². The van der Waals surface area contributed by atoms with Crippen LogP contribution in [-0.2, 0) is 6.54 Å². The molecule has 0 radical (unpaired) electrons. The minimum absolute atomic E-state index is 0.173. The lowest BCUT2D eigenvalue weighted by Crippen LogP contribution is -2.33. The first-order valence-corrected chi connectivity index (χ1v) is 10.8. The molecule has 29 heavy (non-hydrogen) atoms. The first kappa shape index (κ1) is 18.3. The second kappa shape index (κ2) is 7.28. The summed E-state index contributed by atoms with van der Waals surface area (Å²) in [5, 5.41) is 11.9. The number of benzene rings is 2. The van der Waals surface area contributed by atoms with Crippen molar-refractivity contribution >= 4 is 32.5 Å². The van der Waals surface area contributed by atoms with Crippen LogP contribution in [0.4, 0.5) is 0 Å². The Labute approximate surface area is 172 Å². The molecule has 148 valence electrons. The van der Waals surface area contributed by atoms with Crippen molar-refractivity contribution in [1.82, 2.24) is 9.88 Å². The van der Waals surface area contributed by atoms with Gasteiger partial charge in [-0.3, -0.25) is 4.90 Å². The van der Waals surface area contributed by atoms with Gasteiger partial charge in [-0.25, -0.2) is 9.78 Å². The molecule has 1 fully saturated rings. The van der Waals surface area contributed by atoms with Crippen molar-refractivity contribution in [1.29, 1.82) is 0 Å². The summed E-state index contributed by atoms with van der Waals surface area (Å²) < 4.78 is 6.78. The number of phenols is 1. The fourth-order valence-electron chi connectivity index (χ4n) is 4.18. The molecule has 0 unspecified atom stereocenters. The van der Waals surface area contributed by atoms with Crippen molar-refractivity contribution in [2.24, 2.45) is 5.92 Å². The molecule has 4 aromatic rings. The third kappa shape index (κ3) is 3.43. The number of piperidine rings is 1. The van der Waals surface area contributed by atoms with E-state index in [0.29, 0.717) is 34.2 Å². The van der Waals surface area contributed by atoms with Gasteiger partial charge in [-0.2, -0.15) is 0 Å². The molecule has 1 N–H and O–H groups in total. The highest BCUT2D eigenvalue weighted by molar-refractivity contribution is 7.21. The average molecular weight is 407 g/mol. The van der Waals surface area contributed by atoms with Crippen LogP contribution >= 0.6 is 11.3 Å². The first-order chi connectivity index (χ1) is 14.1. The molecular weight excluding hydrogens is 384 g/mol. The fraction of sp³-hybridized carbons (Fsp3) is 0.304. The van der Waals surface area contributed by atoms with Crippen LogP contribution in [0.3, 0.4) is 0 Å². The largest absolute Gasteiger partial charge is 0.507 e. The van der Waals surface area contributed by atoms with E-state index >= 15 is 0 Å². The molecule has 1 aliphatic rings. The zero-order valence-corrected chi connectivity index (χ0v) is 17.0. The molecule has 5 rings (SSSR count). The van der Waals surface area contributed by atoms with Gasteiger partial charge in [0.05, 0.1) is 21.3 Å². The molecule has 3 heterocycles. The highest BCUT2D eigenvalue weighted by atomic mass is 32.1. The summed E-state index contributed by atoms with van der Waals surface area (Å²) in [6.07, 6.45) is 2.39. The summed E-state index contributed by atoms with van der Waals surface area (Å²) in [5.41, 5.74) is 2.07. The van der Waals surface area contributed by atoms with Crippen LogP contribution in [0.5, 0.6) is 5.75 Å². The van der Waals surface area contributed by atoms with Gasteiger partial charge in [0.2, 0.25) is 0 Å². The molecule has 0 saturated carbocycles. The van der Waals surface area contributed by atoms with E-state index in [1.807, 2.05) is 30.3 Å². The van der Waals surface area contributed by atoms with E-state index in [2.05, 4.69) is 16.8 Å². The molecule has 2 aromatic heterocycles. The molecule has 1 atom stereocenters. The number of likely N-dealkylation sites (tertiary alicyclic amines) is 1. The summed E-state index contributed by atoms with van der Waals surface area (Å²) in [6, 6.07) is 13.2.